The van der Waals surface area contributed by atoms with Crippen molar-refractivity contribution in [2.45, 2.75) is 26.3 Å². The summed E-state index contributed by atoms with van der Waals surface area (Å²) in [5, 5.41) is 3.32. The van der Waals surface area contributed by atoms with Gasteiger partial charge in [-0.05, 0) is 44.0 Å². The highest BCUT2D eigenvalue weighted by molar-refractivity contribution is 5.85. The van der Waals surface area contributed by atoms with Crippen molar-refractivity contribution in [2.75, 3.05) is 19.8 Å². The van der Waals surface area contributed by atoms with Crippen molar-refractivity contribution in [3.63, 3.8) is 0 Å². The molecule has 0 heterocycles. The molecule has 17 heavy (non-hydrogen) atoms. The van der Waals surface area contributed by atoms with Crippen LogP contribution in [0.1, 0.15) is 25.3 Å². The fourth-order valence-electron chi connectivity index (χ4n) is 1.43. The predicted octanol–water partition coefficient (Wildman–Crippen LogP) is 3.15. The van der Waals surface area contributed by atoms with Crippen LogP contribution in [-0.4, -0.2) is 19.8 Å². The van der Waals surface area contributed by atoms with E-state index in [0.717, 1.165) is 44.7 Å². The van der Waals surface area contributed by atoms with Gasteiger partial charge in [-0.25, -0.2) is 4.39 Å². The molecule has 98 valence electrons. The molecule has 0 atom stereocenters. The van der Waals surface area contributed by atoms with E-state index < -0.39 is 0 Å². The van der Waals surface area contributed by atoms with Gasteiger partial charge in [-0.2, -0.15) is 0 Å². The van der Waals surface area contributed by atoms with Crippen molar-refractivity contribution in [3.05, 3.63) is 35.6 Å². The normalized spacial score (nSPS) is 10.0. The number of nitrogens with one attached hydrogen (secondary N) is 1. The van der Waals surface area contributed by atoms with E-state index in [1.54, 1.807) is 0 Å². The third-order valence-electron chi connectivity index (χ3n) is 2.34. The monoisotopic (exact) mass is 261 g/mol. The largest absolute Gasteiger partial charge is 0.382 e. The summed E-state index contributed by atoms with van der Waals surface area (Å²) in [6.45, 7) is 5.42. The topological polar surface area (TPSA) is 21.3 Å². The highest BCUT2D eigenvalue weighted by Crippen LogP contribution is 2.02. The van der Waals surface area contributed by atoms with Gasteiger partial charge in [-0.1, -0.05) is 12.1 Å². The van der Waals surface area contributed by atoms with Gasteiger partial charge in [0.05, 0.1) is 0 Å². The van der Waals surface area contributed by atoms with Gasteiger partial charge in [0.25, 0.3) is 0 Å². The minimum Gasteiger partial charge on any atom is -0.382 e. The summed E-state index contributed by atoms with van der Waals surface area (Å²) in [5.74, 6) is -0.180. The summed E-state index contributed by atoms with van der Waals surface area (Å²) >= 11 is 0. The van der Waals surface area contributed by atoms with E-state index in [9.17, 15) is 4.39 Å². The summed E-state index contributed by atoms with van der Waals surface area (Å²) in [6, 6.07) is 6.60. The Bertz CT molecular complexity index is 279. The summed E-state index contributed by atoms with van der Waals surface area (Å²) < 4.78 is 17.9. The van der Waals surface area contributed by atoms with Gasteiger partial charge in [-0.15, -0.1) is 12.4 Å². The molecule has 0 unspecified atom stereocenters. The van der Waals surface area contributed by atoms with E-state index in [0.29, 0.717) is 0 Å². The number of ether oxygens (including phenoxy) is 1. The summed E-state index contributed by atoms with van der Waals surface area (Å²) in [7, 11) is 0. The average molecular weight is 262 g/mol. The van der Waals surface area contributed by atoms with Crippen LogP contribution < -0.4 is 5.32 Å². The molecular weight excluding hydrogens is 241 g/mol. The Morgan fingerprint density at radius 1 is 1.18 bits per heavy atom. The molecule has 0 aliphatic rings. The van der Waals surface area contributed by atoms with Crippen LogP contribution in [0.5, 0.6) is 0 Å². The minimum atomic E-state index is -0.180. The highest BCUT2D eigenvalue weighted by Gasteiger charge is 1.93. The van der Waals surface area contributed by atoms with Crippen molar-refractivity contribution in [1.29, 1.82) is 0 Å². The fraction of sp³-hybridized carbons (Fsp3) is 0.538. The number of benzene rings is 1. The highest BCUT2D eigenvalue weighted by atomic mass is 35.5. The third kappa shape index (κ3) is 8.13. The first-order chi connectivity index (χ1) is 7.83. The lowest BCUT2D eigenvalue weighted by Gasteiger charge is -2.05. The van der Waals surface area contributed by atoms with Crippen LogP contribution in [0.4, 0.5) is 4.39 Å². The van der Waals surface area contributed by atoms with Crippen LogP contribution in [0, 0.1) is 5.82 Å². The Morgan fingerprint density at radius 2 is 1.88 bits per heavy atom. The number of unbranched alkanes of at least 4 members (excludes halogenated alkanes) is 1. The van der Waals surface area contributed by atoms with Gasteiger partial charge in [0, 0.05) is 19.8 Å². The quantitative estimate of drug-likeness (QED) is 0.726. The zero-order chi connectivity index (χ0) is 11.6. The Hall–Kier alpha value is -0.640. The number of hydrogen-bond donors (Lipinski definition) is 1. The molecule has 0 spiro atoms. The van der Waals surface area contributed by atoms with E-state index in [2.05, 4.69) is 5.32 Å². The smallest absolute Gasteiger partial charge is 0.123 e. The Morgan fingerprint density at radius 3 is 2.53 bits per heavy atom. The zero-order valence-electron chi connectivity index (χ0n) is 10.2. The molecular formula is C13H21ClFNO. The van der Waals surface area contributed by atoms with Crippen LogP contribution in [0.2, 0.25) is 0 Å². The minimum absolute atomic E-state index is 0. The SMILES string of the molecule is CCOCCCCNCc1ccc(F)cc1.Cl. The van der Waals surface area contributed by atoms with E-state index in [-0.39, 0.29) is 18.2 Å². The van der Waals surface area contributed by atoms with Gasteiger partial charge in [0.2, 0.25) is 0 Å². The maximum absolute atomic E-state index is 12.6. The maximum Gasteiger partial charge on any atom is 0.123 e. The molecule has 0 aromatic heterocycles. The van der Waals surface area contributed by atoms with E-state index in [4.69, 9.17) is 4.74 Å². The second-order valence-corrected chi connectivity index (χ2v) is 3.71. The average Bonchev–Trinajstić information content (AvgIpc) is 2.30. The Labute approximate surface area is 109 Å². The molecule has 0 fully saturated rings. The first kappa shape index (κ1) is 16.4. The van der Waals surface area contributed by atoms with Crippen molar-refractivity contribution >= 4 is 12.4 Å². The molecule has 4 heteroatoms. The summed E-state index contributed by atoms with van der Waals surface area (Å²) in [6.07, 6.45) is 2.20. The van der Waals surface area contributed by atoms with Crippen molar-refractivity contribution in [3.8, 4) is 0 Å². The second-order valence-electron chi connectivity index (χ2n) is 3.71. The van der Waals surface area contributed by atoms with Gasteiger partial charge in [-0.3, -0.25) is 0 Å². The lowest BCUT2D eigenvalue weighted by Crippen LogP contribution is -2.15. The van der Waals surface area contributed by atoms with Crippen LogP contribution >= 0.6 is 12.4 Å². The van der Waals surface area contributed by atoms with Crippen LogP contribution in [-0.2, 0) is 11.3 Å². The first-order valence-electron chi connectivity index (χ1n) is 5.86. The van der Waals surface area contributed by atoms with E-state index >= 15 is 0 Å². The molecule has 0 radical (unpaired) electrons. The zero-order valence-corrected chi connectivity index (χ0v) is 11.1. The first-order valence-corrected chi connectivity index (χ1v) is 5.86. The standard InChI is InChI=1S/C13H20FNO.ClH/c1-2-16-10-4-3-9-15-11-12-5-7-13(14)8-6-12;/h5-8,15H,2-4,9-11H2,1H3;1H. The summed E-state index contributed by atoms with van der Waals surface area (Å²) in [4.78, 5) is 0. The maximum atomic E-state index is 12.6. The van der Waals surface area contributed by atoms with Gasteiger partial charge < -0.3 is 10.1 Å². The van der Waals surface area contributed by atoms with E-state index in [1.807, 2.05) is 19.1 Å². The molecule has 0 amide bonds. The number of rotatable bonds is 8. The van der Waals surface area contributed by atoms with Crippen LogP contribution in [0.3, 0.4) is 0 Å². The molecule has 1 N–H and O–H groups in total. The number of halogens is 2. The predicted molar refractivity (Wildman–Crippen MR) is 71.1 cm³/mol. The molecule has 0 saturated carbocycles. The molecule has 1 aromatic rings. The van der Waals surface area contributed by atoms with E-state index in [1.165, 1.54) is 12.1 Å². The lowest BCUT2D eigenvalue weighted by atomic mass is 10.2. The third-order valence-corrected chi connectivity index (χ3v) is 2.34. The Balaban J connectivity index is 0.00000256. The van der Waals surface area contributed by atoms with Gasteiger partial charge in [0.1, 0.15) is 5.82 Å². The van der Waals surface area contributed by atoms with Crippen LogP contribution in [0.25, 0.3) is 0 Å². The molecule has 1 rings (SSSR count). The fourth-order valence-corrected chi connectivity index (χ4v) is 1.43. The van der Waals surface area contributed by atoms with Crippen molar-refractivity contribution in [2.24, 2.45) is 0 Å². The second kappa shape index (κ2) is 10.5. The molecule has 0 aliphatic carbocycles. The van der Waals surface area contributed by atoms with Crippen LogP contribution in [0.15, 0.2) is 24.3 Å². The summed E-state index contributed by atoms with van der Waals surface area (Å²) in [5.41, 5.74) is 1.12. The molecule has 0 aliphatic heterocycles. The molecule has 0 bridgehead atoms. The molecule has 1 aromatic carbocycles. The molecule has 2 nitrogen and oxygen atoms in total. The molecule has 0 saturated heterocycles. The van der Waals surface area contributed by atoms with Crippen molar-refractivity contribution < 1.29 is 9.13 Å². The van der Waals surface area contributed by atoms with Gasteiger partial charge >= 0.3 is 0 Å². The lowest BCUT2D eigenvalue weighted by molar-refractivity contribution is 0.143. The Kier molecular flexibility index (Phi) is 10.1. The number of hydrogen-bond acceptors (Lipinski definition) is 2. The van der Waals surface area contributed by atoms with Gasteiger partial charge in [0.15, 0.2) is 0 Å². The van der Waals surface area contributed by atoms with Crippen molar-refractivity contribution in [1.82, 2.24) is 5.32 Å².